The van der Waals surface area contributed by atoms with Crippen LogP contribution in [0.1, 0.15) is 206 Å². The summed E-state index contributed by atoms with van der Waals surface area (Å²) < 4.78 is 52.1. The summed E-state index contributed by atoms with van der Waals surface area (Å²) in [7, 11) is -3.88. The monoisotopic (exact) mass is 1480 g/mol. The number of rotatable bonds is 69. The molecule has 1 rings (SSSR count). The Bertz CT molecular complexity index is 2780. The van der Waals surface area contributed by atoms with Crippen LogP contribution in [0.15, 0.2) is 29.3 Å². The maximum atomic E-state index is 13.7. The van der Waals surface area contributed by atoms with Gasteiger partial charge in [0, 0.05) is 77.2 Å². The lowest BCUT2D eigenvalue weighted by Crippen LogP contribution is -2.49. The van der Waals surface area contributed by atoms with E-state index in [9.17, 15) is 76.5 Å². The normalized spacial score (nSPS) is 12.9. The van der Waals surface area contributed by atoms with Crippen LogP contribution in [-0.2, 0) is 88.2 Å². The summed E-state index contributed by atoms with van der Waals surface area (Å²) in [4.78, 5) is 142. The molecule has 0 heterocycles. The number of aromatic hydroxyl groups is 1. The first-order valence-corrected chi connectivity index (χ1v) is 38.0. The average molecular weight is 1480 g/mol. The molecule has 5 atom stereocenters. The first kappa shape index (κ1) is 93.7. The van der Waals surface area contributed by atoms with E-state index in [0.717, 1.165) is 70.6 Å². The van der Waals surface area contributed by atoms with Gasteiger partial charge in [-0.2, -0.15) is 8.42 Å². The highest BCUT2D eigenvalue weighted by Gasteiger charge is 2.26. The molecule has 0 unspecified atom stereocenters. The second-order valence-electron chi connectivity index (χ2n) is 26.2. The number of benzene rings is 1. The number of guanidine groups is 1. The number of hydrogen-bond acceptors (Lipinski definition) is 21. The molecular weight excluding hydrogens is 1360 g/mol. The van der Waals surface area contributed by atoms with Gasteiger partial charge >= 0.3 is 11.9 Å². The number of unbranched alkanes of at least 4 members (excludes halogenated alkanes) is 14. The smallest absolute Gasteiger partial charge is 0.326 e. The number of aliphatic imine (C=N–C) groups is 1. The lowest BCUT2D eigenvalue weighted by molar-refractivity contribution is -0.142. The van der Waals surface area contributed by atoms with E-state index < -0.39 is 75.9 Å². The molecule has 0 radical (unpaired) electrons. The van der Waals surface area contributed by atoms with Gasteiger partial charge in [0.1, 0.15) is 42.9 Å². The van der Waals surface area contributed by atoms with Crippen molar-refractivity contribution >= 4 is 80.8 Å². The van der Waals surface area contributed by atoms with E-state index in [2.05, 4.69) is 42.2 Å². The van der Waals surface area contributed by atoms with Crippen molar-refractivity contribution in [2.45, 2.75) is 237 Å². The van der Waals surface area contributed by atoms with Gasteiger partial charge in [0.05, 0.1) is 57.9 Å². The first-order valence-electron chi connectivity index (χ1n) is 36.4. The second kappa shape index (κ2) is 59.0. The van der Waals surface area contributed by atoms with Gasteiger partial charge in [0.25, 0.3) is 10.1 Å². The van der Waals surface area contributed by atoms with Crippen molar-refractivity contribution in [1.82, 2.24) is 37.2 Å². The molecule has 588 valence electrons. The average Bonchev–Trinajstić information content (AvgIpc) is 0.893. The molecule has 33 heteroatoms. The maximum Gasteiger partial charge on any atom is 0.326 e. The van der Waals surface area contributed by atoms with E-state index in [1.807, 2.05) is 13.8 Å². The fraction of sp³-hybridized carbons (Fsp3) is 0.743. The number of nitrogens with two attached hydrogens (primary N) is 3. The fourth-order valence-electron chi connectivity index (χ4n) is 10.7. The maximum absolute atomic E-state index is 13.7. The van der Waals surface area contributed by atoms with Gasteiger partial charge in [0.2, 0.25) is 35.4 Å². The summed E-state index contributed by atoms with van der Waals surface area (Å²) in [5, 5.41) is 48.2. The number of Topliss-reactive ketones (excluding diaryl/α,β-unsaturated/α-hetero) is 3. The Morgan fingerprint density at radius 1 is 0.476 bits per heavy atom. The van der Waals surface area contributed by atoms with Gasteiger partial charge in [-0.1, -0.05) is 103 Å². The molecule has 0 aliphatic heterocycles. The van der Waals surface area contributed by atoms with Gasteiger partial charge in [0.15, 0.2) is 17.5 Å². The Kier molecular flexibility index (Phi) is 53.7. The Morgan fingerprint density at radius 2 is 1.00 bits per heavy atom. The van der Waals surface area contributed by atoms with E-state index in [4.69, 9.17) is 40.7 Å². The van der Waals surface area contributed by atoms with Crippen LogP contribution in [0.5, 0.6) is 5.75 Å². The van der Waals surface area contributed by atoms with E-state index in [1.165, 1.54) is 12.1 Å². The minimum Gasteiger partial charge on any atom is -0.508 e. The predicted molar refractivity (Wildman–Crippen MR) is 386 cm³/mol. The number of phenolic OH excluding ortho intramolecular Hbond substituents is 1. The van der Waals surface area contributed by atoms with Crippen LogP contribution >= 0.6 is 0 Å². The van der Waals surface area contributed by atoms with Crippen molar-refractivity contribution < 1.29 is 100.0 Å². The number of aliphatic carboxylic acids is 2. The molecule has 0 bridgehead atoms. The number of ether oxygens (including phenoxy) is 4. The van der Waals surface area contributed by atoms with Crippen molar-refractivity contribution in [3.8, 4) is 5.75 Å². The molecule has 0 spiro atoms. The summed E-state index contributed by atoms with van der Waals surface area (Å²) in [5.41, 5.74) is 17.3. The van der Waals surface area contributed by atoms with Crippen LogP contribution in [-0.4, -0.2) is 221 Å². The number of nitrogens with zero attached hydrogens (tertiary/aromatic N) is 1. The van der Waals surface area contributed by atoms with Crippen LogP contribution in [0.25, 0.3) is 0 Å². The fourth-order valence-corrected chi connectivity index (χ4v) is 11.3. The zero-order valence-electron chi connectivity index (χ0n) is 60.7. The number of nitrogens with one attached hydrogen (secondary N) is 7. The van der Waals surface area contributed by atoms with Crippen LogP contribution in [0.3, 0.4) is 0 Å². The highest BCUT2D eigenvalue weighted by molar-refractivity contribution is 7.85. The van der Waals surface area contributed by atoms with Gasteiger partial charge in [-0.05, 0) is 94.2 Å². The van der Waals surface area contributed by atoms with E-state index in [-0.39, 0.29) is 196 Å². The van der Waals surface area contributed by atoms with Crippen LogP contribution in [0.2, 0.25) is 0 Å². The Hall–Kier alpha value is -7.27. The number of primary amides is 1. The van der Waals surface area contributed by atoms with Crippen molar-refractivity contribution in [1.29, 1.82) is 0 Å². The standard InChI is InChI=1S/C70H121N11O21S/c1-51(2)44-56(84)47-78-57(61(85)48-77-53(22-20-35-76-70(72)73)46-65(89)81-60(67(71)91)45-52-28-30-54(82)31-29-52)24-17-18-34-74-66(90)50-102-42-39-99-37-21-23-55(83)49-101-41-40-100-38-36-75-62(86)33-32-59(69(94)95)80-64(88)27-16-15-25-58(68(92)93)79-63(87)26-14-12-10-8-6-4-3-5-7-9-11-13-19-43-103(96,97)98/h28-31,51,53,57-60,77-78,82H,3-27,32-50H2,1-2H3,(H2,71,91)(H,74,90)(H,75,86)(H,79,87)(H,80,88)(H,81,89)(H,92,93)(H,94,95)(H4,72,73,76)(H,96,97,98)/t53-,57-,58-,59-,60-/m0/s1. The summed E-state index contributed by atoms with van der Waals surface area (Å²) in [5.74, 6) is -6.03. The molecule has 0 aliphatic carbocycles. The van der Waals surface area contributed by atoms with E-state index in [0.29, 0.717) is 69.9 Å². The SMILES string of the molecule is CC(C)CC(=O)CN[C@@H](CCCCNC(=O)COCCOCCCC(=O)COCCOCCNC(=O)CC[C@H](NC(=O)CCCC[C@H](NC(=O)CCCCCCCCCCCCCCCS(=O)(=O)O)C(=O)O)C(=O)O)C(=O)CN[C@@H](CCCN=C(N)N)CC(=O)N[C@@H](Cc1ccc(O)cc1)C(N)=O. The Labute approximate surface area is 607 Å². The van der Waals surface area contributed by atoms with Gasteiger partial charge < -0.3 is 88.7 Å². The molecular formula is C70H121N11O21S. The predicted octanol–water partition coefficient (Wildman–Crippen LogP) is 3.10. The number of carboxylic acid groups (broad SMARTS) is 2. The Morgan fingerprint density at radius 3 is 1.58 bits per heavy atom. The van der Waals surface area contributed by atoms with Crippen molar-refractivity contribution in [3.05, 3.63) is 29.8 Å². The summed E-state index contributed by atoms with van der Waals surface area (Å²) >= 11 is 0. The van der Waals surface area contributed by atoms with Gasteiger partial charge in [-0.25, -0.2) is 9.59 Å². The third-order valence-electron chi connectivity index (χ3n) is 16.3. The number of hydrogen-bond donors (Lipinski definition) is 14. The summed E-state index contributed by atoms with van der Waals surface area (Å²) in [6.07, 6.45) is 15.9. The topological polar surface area (TPSA) is 514 Å². The molecule has 0 fully saturated rings. The van der Waals surface area contributed by atoms with Crippen LogP contribution in [0, 0.1) is 5.92 Å². The zero-order chi connectivity index (χ0) is 76.5. The number of carbonyl (C=O) groups excluding carboxylic acids is 9. The quantitative estimate of drug-likeness (QED) is 0.0193. The molecule has 6 amide bonds. The first-order chi connectivity index (χ1) is 49.1. The zero-order valence-corrected chi connectivity index (χ0v) is 61.5. The highest BCUT2D eigenvalue weighted by Crippen LogP contribution is 2.16. The molecule has 103 heavy (non-hydrogen) atoms. The number of phenols is 1. The second-order valence-corrected chi connectivity index (χ2v) is 27.7. The van der Waals surface area contributed by atoms with Crippen molar-refractivity contribution in [2.75, 3.05) is 91.3 Å². The lowest BCUT2D eigenvalue weighted by Gasteiger charge is -2.23. The van der Waals surface area contributed by atoms with Crippen LogP contribution in [0.4, 0.5) is 0 Å². The molecule has 1 aromatic carbocycles. The molecule has 32 nitrogen and oxygen atoms in total. The number of carbonyl (C=O) groups is 11. The molecule has 1 aromatic rings. The molecule has 0 saturated carbocycles. The minimum absolute atomic E-state index is 0.0169. The Balaban J connectivity index is 2.24. The number of amides is 6. The van der Waals surface area contributed by atoms with Gasteiger partial charge in [-0.15, -0.1) is 0 Å². The largest absolute Gasteiger partial charge is 0.508 e. The molecule has 17 N–H and O–H groups in total. The highest BCUT2D eigenvalue weighted by atomic mass is 32.2. The number of ketones is 3. The molecule has 0 saturated heterocycles. The van der Waals surface area contributed by atoms with Crippen molar-refractivity contribution in [3.63, 3.8) is 0 Å². The lowest BCUT2D eigenvalue weighted by atomic mass is 10.0. The minimum atomic E-state index is -3.88. The van der Waals surface area contributed by atoms with Crippen LogP contribution < -0.4 is 54.4 Å². The van der Waals surface area contributed by atoms with E-state index in [1.54, 1.807) is 12.1 Å². The van der Waals surface area contributed by atoms with Crippen molar-refractivity contribution in [2.24, 2.45) is 28.1 Å². The number of carboxylic acids is 2. The molecule has 0 aliphatic rings. The third-order valence-corrected chi connectivity index (χ3v) is 17.1. The molecule has 0 aromatic heterocycles. The van der Waals surface area contributed by atoms with E-state index >= 15 is 0 Å². The third kappa shape index (κ3) is 55.9. The summed E-state index contributed by atoms with van der Waals surface area (Å²) in [6, 6.07) is 1.41. The van der Waals surface area contributed by atoms with Gasteiger partial charge in [-0.3, -0.25) is 52.7 Å². The summed E-state index contributed by atoms with van der Waals surface area (Å²) in [6.45, 7) is 5.00.